The first kappa shape index (κ1) is 15.2. The standard InChI is InChI=1S/C13H12BrClFN3O/c1-2-17-7-8-3-4-13(19-18-8)20-12-6-11(16)10(15)5-9(12)14/h3-6,17H,2,7H2,1H3. The first-order valence-corrected chi connectivity index (χ1v) is 7.13. The third-order valence-corrected chi connectivity index (χ3v) is 3.35. The van der Waals surface area contributed by atoms with Crippen LogP contribution in [0, 0.1) is 5.82 Å². The molecule has 0 atom stereocenters. The molecule has 0 saturated carbocycles. The van der Waals surface area contributed by atoms with E-state index in [0.717, 1.165) is 12.2 Å². The van der Waals surface area contributed by atoms with E-state index in [-0.39, 0.29) is 10.9 Å². The lowest BCUT2D eigenvalue weighted by Crippen LogP contribution is -2.13. The van der Waals surface area contributed by atoms with E-state index in [2.05, 4.69) is 31.4 Å². The second-order valence-electron chi connectivity index (χ2n) is 3.94. The number of hydrogen-bond acceptors (Lipinski definition) is 4. The molecule has 7 heteroatoms. The Labute approximate surface area is 129 Å². The fraction of sp³-hybridized carbons (Fsp3) is 0.231. The number of ether oxygens (including phenoxy) is 1. The maximum atomic E-state index is 13.4. The van der Waals surface area contributed by atoms with Crippen molar-refractivity contribution in [2.24, 2.45) is 0 Å². The Hall–Kier alpha value is -1.24. The number of halogens is 3. The van der Waals surface area contributed by atoms with Crippen molar-refractivity contribution >= 4 is 27.5 Å². The molecule has 2 aromatic rings. The summed E-state index contributed by atoms with van der Waals surface area (Å²) in [6, 6.07) is 6.10. The summed E-state index contributed by atoms with van der Waals surface area (Å²) in [6.07, 6.45) is 0. The highest BCUT2D eigenvalue weighted by molar-refractivity contribution is 9.10. The molecule has 0 fully saturated rings. The minimum Gasteiger partial charge on any atom is -0.436 e. The number of hydrogen-bond donors (Lipinski definition) is 1. The molecular formula is C13H12BrClFN3O. The Morgan fingerprint density at radius 1 is 1.35 bits per heavy atom. The smallest absolute Gasteiger partial charge is 0.238 e. The van der Waals surface area contributed by atoms with Gasteiger partial charge in [-0.3, -0.25) is 0 Å². The maximum Gasteiger partial charge on any atom is 0.238 e. The van der Waals surface area contributed by atoms with Crippen molar-refractivity contribution in [1.82, 2.24) is 15.5 Å². The SMILES string of the molecule is CCNCc1ccc(Oc2cc(F)c(Cl)cc2Br)nn1. The predicted octanol–water partition coefficient (Wildman–Crippen LogP) is 3.93. The summed E-state index contributed by atoms with van der Waals surface area (Å²) in [5.74, 6) is 0.0231. The number of nitrogens with one attached hydrogen (secondary N) is 1. The normalized spacial score (nSPS) is 10.6. The van der Waals surface area contributed by atoms with Crippen molar-refractivity contribution in [2.45, 2.75) is 13.5 Å². The van der Waals surface area contributed by atoms with E-state index >= 15 is 0 Å². The van der Waals surface area contributed by atoms with Crippen LogP contribution in [0.5, 0.6) is 11.6 Å². The number of nitrogens with zero attached hydrogens (tertiary/aromatic N) is 2. The molecule has 4 nitrogen and oxygen atoms in total. The quantitative estimate of drug-likeness (QED) is 0.821. The molecule has 1 N–H and O–H groups in total. The van der Waals surface area contributed by atoms with Gasteiger partial charge >= 0.3 is 0 Å². The predicted molar refractivity (Wildman–Crippen MR) is 78.6 cm³/mol. The molecule has 0 saturated heterocycles. The molecule has 1 heterocycles. The molecule has 2 rings (SSSR count). The molecule has 0 unspecified atom stereocenters. The summed E-state index contributed by atoms with van der Waals surface area (Å²) in [5, 5.41) is 11.1. The molecule has 0 bridgehead atoms. The first-order chi connectivity index (χ1) is 9.60. The Morgan fingerprint density at radius 3 is 2.80 bits per heavy atom. The van der Waals surface area contributed by atoms with Gasteiger partial charge in [-0.15, -0.1) is 5.10 Å². The summed E-state index contributed by atoms with van der Waals surface area (Å²) in [5.41, 5.74) is 0.806. The highest BCUT2D eigenvalue weighted by Crippen LogP contribution is 2.32. The van der Waals surface area contributed by atoms with Crippen molar-refractivity contribution in [3.63, 3.8) is 0 Å². The number of benzene rings is 1. The van der Waals surface area contributed by atoms with E-state index in [1.807, 2.05) is 6.92 Å². The summed E-state index contributed by atoms with van der Waals surface area (Å²) >= 11 is 8.92. The van der Waals surface area contributed by atoms with Crippen LogP contribution in [0.2, 0.25) is 5.02 Å². The summed E-state index contributed by atoms with van der Waals surface area (Å²) in [4.78, 5) is 0. The fourth-order valence-electron chi connectivity index (χ4n) is 1.44. The molecular weight excluding hydrogens is 349 g/mol. The lowest BCUT2D eigenvalue weighted by molar-refractivity contribution is 0.446. The molecule has 1 aromatic heterocycles. The van der Waals surface area contributed by atoms with Gasteiger partial charge in [0.25, 0.3) is 0 Å². The zero-order valence-electron chi connectivity index (χ0n) is 10.7. The van der Waals surface area contributed by atoms with E-state index in [4.69, 9.17) is 16.3 Å². The third kappa shape index (κ3) is 3.88. The van der Waals surface area contributed by atoms with Crippen molar-refractivity contribution in [3.05, 3.63) is 45.3 Å². The van der Waals surface area contributed by atoms with Crippen LogP contribution in [0.1, 0.15) is 12.6 Å². The van der Waals surface area contributed by atoms with Gasteiger partial charge in [0.05, 0.1) is 15.2 Å². The van der Waals surface area contributed by atoms with E-state index in [0.29, 0.717) is 16.8 Å². The zero-order chi connectivity index (χ0) is 14.5. The van der Waals surface area contributed by atoms with Gasteiger partial charge in [-0.2, -0.15) is 5.10 Å². The topological polar surface area (TPSA) is 47.0 Å². The van der Waals surface area contributed by atoms with Gasteiger partial charge in [-0.05, 0) is 34.6 Å². The summed E-state index contributed by atoms with van der Waals surface area (Å²) in [6.45, 7) is 3.51. The van der Waals surface area contributed by atoms with Crippen molar-refractivity contribution in [1.29, 1.82) is 0 Å². The van der Waals surface area contributed by atoms with E-state index in [9.17, 15) is 4.39 Å². The average Bonchev–Trinajstić information content (AvgIpc) is 2.44. The van der Waals surface area contributed by atoms with Crippen LogP contribution in [0.3, 0.4) is 0 Å². The lowest BCUT2D eigenvalue weighted by Gasteiger charge is -2.08. The molecule has 0 aliphatic heterocycles. The van der Waals surface area contributed by atoms with Crippen LogP contribution >= 0.6 is 27.5 Å². The van der Waals surface area contributed by atoms with Crippen LogP contribution < -0.4 is 10.1 Å². The molecule has 0 aliphatic rings. The molecule has 106 valence electrons. The van der Waals surface area contributed by atoms with Crippen LogP contribution in [-0.4, -0.2) is 16.7 Å². The summed E-state index contributed by atoms with van der Waals surface area (Å²) < 4.78 is 19.4. The second kappa shape index (κ2) is 6.97. The third-order valence-electron chi connectivity index (χ3n) is 2.44. The monoisotopic (exact) mass is 359 g/mol. The average molecular weight is 361 g/mol. The Bertz CT molecular complexity index is 595. The number of aromatic nitrogens is 2. The fourth-order valence-corrected chi connectivity index (χ4v) is 2.16. The van der Waals surface area contributed by atoms with Crippen molar-refractivity contribution < 1.29 is 9.13 Å². The molecule has 20 heavy (non-hydrogen) atoms. The van der Waals surface area contributed by atoms with E-state index in [1.165, 1.54) is 12.1 Å². The van der Waals surface area contributed by atoms with E-state index in [1.54, 1.807) is 12.1 Å². The lowest BCUT2D eigenvalue weighted by atomic mass is 10.3. The molecule has 0 spiro atoms. The van der Waals surface area contributed by atoms with Gasteiger partial charge in [-0.25, -0.2) is 4.39 Å². The van der Waals surface area contributed by atoms with Crippen LogP contribution in [0.15, 0.2) is 28.7 Å². The van der Waals surface area contributed by atoms with E-state index < -0.39 is 5.82 Å². The van der Waals surface area contributed by atoms with Crippen LogP contribution in [0.25, 0.3) is 0 Å². The number of rotatable bonds is 5. The molecule has 1 aromatic carbocycles. The van der Waals surface area contributed by atoms with Gasteiger partial charge in [-0.1, -0.05) is 18.5 Å². The Morgan fingerprint density at radius 2 is 2.15 bits per heavy atom. The van der Waals surface area contributed by atoms with Gasteiger partial charge in [0.1, 0.15) is 11.6 Å². The maximum absolute atomic E-state index is 13.4. The minimum absolute atomic E-state index is 0.0243. The van der Waals surface area contributed by atoms with Crippen molar-refractivity contribution in [3.8, 4) is 11.6 Å². The molecule has 0 aliphatic carbocycles. The van der Waals surface area contributed by atoms with Gasteiger partial charge in [0.15, 0.2) is 0 Å². The van der Waals surface area contributed by atoms with Crippen molar-refractivity contribution in [2.75, 3.05) is 6.54 Å². The highest BCUT2D eigenvalue weighted by Gasteiger charge is 2.09. The van der Waals surface area contributed by atoms with Gasteiger partial charge < -0.3 is 10.1 Å². The van der Waals surface area contributed by atoms with Crippen LogP contribution in [-0.2, 0) is 6.54 Å². The first-order valence-electron chi connectivity index (χ1n) is 5.96. The molecule has 0 amide bonds. The summed E-state index contributed by atoms with van der Waals surface area (Å²) in [7, 11) is 0. The second-order valence-corrected chi connectivity index (χ2v) is 5.20. The molecule has 0 radical (unpaired) electrons. The highest BCUT2D eigenvalue weighted by atomic mass is 79.9. The Balaban J connectivity index is 2.12. The van der Waals surface area contributed by atoms with Crippen LogP contribution in [0.4, 0.5) is 4.39 Å². The largest absolute Gasteiger partial charge is 0.436 e. The van der Waals surface area contributed by atoms with Gasteiger partial charge in [0, 0.05) is 18.7 Å². The zero-order valence-corrected chi connectivity index (χ0v) is 13.0. The minimum atomic E-state index is -0.554. The Kier molecular flexibility index (Phi) is 5.28. The van der Waals surface area contributed by atoms with Gasteiger partial charge in [0.2, 0.25) is 5.88 Å².